The Labute approximate surface area is 98.5 Å². The molecule has 5 nitrogen and oxygen atoms in total. The topological polar surface area (TPSA) is 55.6 Å². The van der Waals surface area contributed by atoms with Gasteiger partial charge >= 0.3 is 0 Å². The molecule has 6 heteroatoms. The molecule has 2 aromatic rings. The van der Waals surface area contributed by atoms with E-state index in [9.17, 15) is 0 Å². The zero-order valence-corrected chi connectivity index (χ0v) is 10.1. The number of aryl methyl sites for hydroxylation is 3. The molecule has 0 unspecified atom stereocenters. The first kappa shape index (κ1) is 10.9. The van der Waals surface area contributed by atoms with Crippen molar-refractivity contribution in [3.63, 3.8) is 0 Å². The second kappa shape index (κ2) is 4.09. The van der Waals surface area contributed by atoms with E-state index >= 15 is 0 Å². The minimum Gasteiger partial charge on any atom is -0.323 e. The van der Waals surface area contributed by atoms with Crippen LogP contribution in [0, 0.1) is 13.8 Å². The van der Waals surface area contributed by atoms with Gasteiger partial charge in [-0.3, -0.25) is 4.68 Å². The van der Waals surface area contributed by atoms with Crippen LogP contribution in [0.25, 0.3) is 0 Å². The van der Waals surface area contributed by atoms with Crippen molar-refractivity contribution in [3.8, 4) is 0 Å². The zero-order chi connectivity index (χ0) is 11.7. The molecule has 0 fully saturated rings. The average molecular weight is 238 g/mol. The summed E-state index contributed by atoms with van der Waals surface area (Å²) in [6.07, 6.45) is 0. The Morgan fingerprint density at radius 3 is 2.50 bits per heavy atom. The van der Waals surface area contributed by atoms with E-state index in [1.807, 2.05) is 20.0 Å². The number of hydrogen-bond acceptors (Lipinski definition) is 4. The SMILES string of the molecule is Cc1nc(Cl)cc(Nc2cc(C)n(C)n2)n1. The van der Waals surface area contributed by atoms with Crippen LogP contribution in [0.2, 0.25) is 5.15 Å². The van der Waals surface area contributed by atoms with Crippen LogP contribution < -0.4 is 5.32 Å². The Bertz CT molecular complexity index is 480. The van der Waals surface area contributed by atoms with Crippen LogP contribution in [0.1, 0.15) is 11.5 Å². The maximum absolute atomic E-state index is 5.84. The molecule has 2 rings (SSSR count). The molecule has 0 aliphatic carbocycles. The van der Waals surface area contributed by atoms with E-state index in [1.165, 1.54) is 0 Å². The van der Waals surface area contributed by atoms with E-state index in [0.717, 1.165) is 11.5 Å². The lowest BCUT2D eigenvalue weighted by atomic mass is 10.4. The molecule has 0 aliphatic rings. The highest BCUT2D eigenvalue weighted by molar-refractivity contribution is 6.29. The summed E-state index contributed by atoms with van der Waals surface area (Å²) in [7, 11) is 1.89. The first-order chi connectivity index (χ1) is 7.54. The van der Waals surface area contributed by atoms with E-state index in [4.69, 9.17) is 11.6 Å². The van der Waals surface area contributed by atoms with Crippen molar-refractivity contribution < 1.29 is 0 Å². The maximum Gasteiger partial charge on any atom is 0.153 e. The Balaban J connectivity index is 2.26. The molecule has 0 bridgehead atoms. The number of hydrogen-bond donors (Lipinski definition) is 1. The fourth-order valence-corrected chi connectivity index (χ4v) is 1.57. The normalized spacial score (nSPS) is 10.5. The number of anilines is 2. The predicted molar refractivity (Wildman–Crippen MR) is 63.0 cm³/mol. The van der Waals surface area contributed by atoms with Gasteiger partial charge in [-0.1, -0.05) is 11.6 Å². The van der Waals surface area contributed by atoms with Gasteiger partial charge in [-0.15, -0.1) is 0 Å². The molecule has 0 amide bonds. The van der Waals surface area contributed by atoms with Crippen molar-refractivity contribution in [2.45, 2.75) is 13.8 Å². The second-order valence-corrected chi connectivity index (χ2v) is 3.93. The maximum atomic E-state index is 5.84. The van der Waals surface area contributed by atoms with Crippen molar-refractivity contribution in [2.75, 3.05) is 5.32 Å². The third kappa shape index (κ3) is 2.30. The van der Waals surface area contributed by atoms with Gasteiger partial charge in [0.2, 0.25) is 0 Å². The van der Waals surface area contributed by atoms with Crippen molar-refractivity contribution in [1.82, 2.24) is 19.7 Å². The summed E-state index contributed by atoms with van der Waals surface area (Å²) in [5.74, 6) is 2.02. The predicted octanol–water partition coefficient (Wildman–Crippen LogP) is 2.22. The van der Waals surface area contributed by atoms with E-state index in [1.54, 1.807) is 17.7 Å². The van der Waals surface area contributed by atoms with Gasteiger partial charge < -0.3 is 5.32 Å². The molecule has 0 saturated carbocycles. The monoisotopic (exact) mass is 237 g/mol. The number of halogens is 1. The molecular formula is C10H12ClN5. The van der Waals surface area contributed by atoms with Crippen molar-refractivity contribution >= 4 is 23.2 Å². The Kier molecular flexibility index (Phi) is 2.78. The van der Waals surface area contributed by atoms with Gasteiger partial charge in [0.25, 0.3) is 0 Å². The van der Waals surface area contributed by atoms with Crippen LogP contribution in [0.15, 0.2) is 12.1 Å². The third-order valence-corrected chi connectivity index (χ3v) is 2.37. The average Bonchev–Trinajstić information content (AvgIpc) is 2.43. The smallest absolute Gasteiger partial charge is 0.153 e. The summed E-state index contributed by atoms with van der Waals surface area (Å²) in [6, 6.07) is 3.60. The van der Waals surface area contributed by atoms with Gasteiger partial charge in [0.1, 0.15) is 16.8 Å². The van der Waals surface area contributed by atoms with Crippen LogP contribution >= 0.6 is 11.6 Å². The Hall–Kier alpha value is -1.62. The number of nitrogens with zero attached hydrogens (tertiary/aromatic N) is 4. The largest absolute Gasteiger partial charge is 0.323 e. The molecule has 0 spiro atoms. The lowest BCUT2D eigenvalue weighted by Gasteiger charge is -2.02. The van der Waals surface area contributed by atoms with Gasteiger partial charge in [0.15, 0.2) is 5.82 Å². The van der Waals surface area contributed by atoms with E-state index in [2.05, 4.69) is 20.4 Å². The summed E-state index contributed by atoms with van der Waals surface area (Å²) in [5, 5.41) is 7.77. The fraction of sp³-hybridized carbons (Fsp3) is 0.300. The molecule has 1 N–H and O–H groups in total. The summed E-state index contributed by atoms with van der Waals surface area (Å²) in [5.41, 5.74) is 1.07. The van der Waals surface area contributed by atoms with Gasteiger partial charge in [0, 0.05) is 24.9 Å². The van der Waals surface area contributed by atoms with E-state index < -0.39 is 0 Å². The van der Waals surface area contributed by atoms with Crippen LogP contribution in [0.5, 0.6) is 0 Å². The van der Waals surface area contributed by atoms with Gasteiger partial charge in [-0.25, -0.2) is 9.97 Å². The fourth-order valence-electron chi connectivity index (χ4n) is 1.35. The molecule has 0 radical (unpaired) electrons. The minimum atomic E-state index is 0.419. The van der Waals surface area contributed by atoms with Gasteiger partial charge in [0.05, 0.1) is 0 Å². The zero-order valence-electron chi connectivity index (χ0n) is 9.32. The summed E-state index contributed by atoms with van der Waals surface area (Å²) < 4.78 is 1.79. The first-order valence-corrected chi connectivity index (χ1v) is 5.21. The lowest BCUT2D eigenvalue weighted by molar-refractivity contribution is 0.743. The summed E-state index contributed by atoms with van der Waals surface area (Å²) in [6.45, 7) is 3.77. The Morgan fingerprint density at radius 2 is 1.94 bits per heavy atom. The van der Waals surface area contributed by atoms with Gasteiger partial charge in [-0.05, 0) is 13.8 Å². The van der Waals surface area contributed by atoms with Crippen LogP contribution in [-0.4, -0.2) is 19.7 Å². The molecule has 2 heterocycles. The van der Waals surface area contributed by atoms with E-state index in [-0.39, 0.29) is 0 Å². The van der Waals surface area contributed by atoms with Crippen LogP contribution in [0.3, 0.4) is 0 Å². The quantitative estimate of drug-likeness (QED) is 0.814. The van der Waals surface area contributed by atoms with E-state index in [0.29, 0.717) is 16.8 Å². The van der Waals surface area contributed by atoms with Crippen molar-refractivity contribution in [3.05, 3.63) is 28.8 Å². The van der Waals surface area contributed by atoms with Crippen molar-refractivity contribution in [2.24, 2.45) is 7.05 Å². The number of rotatable bonds is 2. The van der Waals surface area contributed by atoms with Crippen LogP contribution in [-0.2, 0) is 7.05 Å². The molecule has 0 saturated heterocycles. The lowest BCUT2D eigenvalue weighted by Crippen LogP contribution is -1.98. The molecule has 0 aromatic carbocycles. The standard InChI is InChI=1S/C10H12ClN5/c1-6-4-10(15-16(6)3)14-9-5-8(11)12-7(2)13-9/h4-5H,1-3H3,(H,12,13,14,15). The summed E-state index contributed by atoms with van der Waals surface area (Å²) in [4.78, 5) is 8.20. The highest BCUT2D eigenvalue weighted by atomic mass is 35.5. The molecule has 16 heavy (non-hydrogen) atoms. The highest BCUT2D eigenvalue weighted by Gasteiger charge is 2.04. The molecule has 0 aliphatic heterocycles. The molecule has 84 valence electrons. The van der Waals surface area contributed by atoms with Crippen molar-refractivity contribution in [1.29, 1.82) is 0 Å². The molecule has 2 aromatic heterocycles. The Morgan fingerprint density at radius 1 is 1.19 bits per heavy atom. The minimum absolute atomic E-state index is 0.419. The highest BCUT2D eigenvalue weighted by Crippen LogP contribution is 2.16. The van der Waals surface area contributed by atoms with Gasteiger partial charge in [-0.2, -0.15) is 5.10 Å². The summed E-state index contributed by atoms with van der Waals surface area (Å²) >= 11 is 5.84. The first-order valence-electron chi connectivity index (χ1n) is 4.83. The molecular weight excluding hydrogens is 226 g/mol. The molecule has 0 atom stereocenters. The number of nitrogens with one attached hydrogen (secondary N) is 1. The third-order valence-electron chi connectivity index (χ3n) is 2.18. The number of aromatic nitrogens is 4. The van der Waals surface area contributed by atoms with Crippen LogP contribution in [0.4, 0.5) is 11.6 Å². The second-order valence-electron chi connectivity index (χ2n) is 3.54.